The molecule has 0 aromatic carbocycles. The average molecular weight is 213 g/mol. The van der Waals surface area contributed by atoms with Crippen LogP contribution in [0.5, 0.6) is 0 Å². The van der Waals surface area contributed by atoms with Gasteiger partial charge in [-0.15, -0.1) is 11.6 Å². The van der Waals surface area contributed by atoms with Crippen molar-refractivity contribution in [3.05, 3.63) is 0 Å². The first-order valence-electron chi connectivity index (χ1n) is 6.37. The highest BCUT2D eigenvalue weighted by Crippen LogP contribution is 2.62. The molecule has 3 aliphatic carbocycles. The predicted molar refractivity (Wildman–Crippen MR) is 60.6 cm³/mol. The Bertz CT molecular complexity index is 207. The molecule has 3 rings (SSSR count). The van der Waals surface area contributed by atoms with Crippen LogP contribution in [0.2, 0.25) is 0 Å². The van der Waals surface area contributed by atoms with Crippen molar-refractivity contribution in [3.63, 3.8) is 0 Å². The molecule has 1 heteroatoms. The highest BCUT2D eigenvalue weighted by molar-refractivity contribution is 6.18. The fourth-order valence-electron chi connectivity index (χ4n) is 4.16. The van der Waals surface area contributed by atoms with E-state index in [1.165, 1.54) is 51.4 Å². The normalized spacial score (nSPS) is 46.9. The monoisotopic (exact) mass is 212 g/mol. The maximum Gasteiger partial charge on any atom is 0.0280 e. The van der Waals surface area contributed by atoms with Crippen LogP contribution in [0.15, 0.2) is 0 Å². The minimum absolute atomic E-state index is 0.587. The Balaban J connectivity index is 1.62. The minimum atomic E-state index is 0.587. The van der Waals surface area contributed by atoms with Crippen LogP contribution in [0.25, 0.3) is 0 Å². The van der Waals surface area contributed by atoms with Gasteiger partial charge in [0.2, 0.25) is 0 Å². The highest BCUT2D eigenvalue weighted by atomic mass is 35.5. The summed E-state index contributed by atoms with van der Waals surface area (Å²) in [5.41, 5.74) is 0.587. The van der Waals surface area contributed by atoms with E-state index in [1.54, 1.807) is 0 Å². The first kappa shape index (κ1) is 9.51. The number of alkyl halides is 1. The highest BCUT2D eigenvalue weighted by Gasteiger charge is 2.53. The van der Waals surface area contributed by atoms with Crippen LogP contribution in [0.1, 0.15) is 51.4 Å². The van der Waals surface area contributed by atoms with Gasteiger partial charge >= 0.3 is 0 Å². The van der Waals surface area contributed by atoms with Crippen molar-refractivity contribution in [2.75, 3.05) is 5.88 Å². The molecule has 0 spiro atoms. The maximum absolute atomic E-state index is 6.23. The third kappa shape index (κ3) is 1.60. The number of rotatable bonds is 3. The molecule has 0 aliphatic heterocycles. The Morgan fingerprint density at radius 1 is 1.07 bits per heavy atom. The van der Waals surface area contributed by atoms with Gasteiger partial charge < -0.3 is 0 Å². The standard InChI is InChI=1S/C13H21Cl/c14-9-13(6-10-3-1-2-4-10)7-11-5-12(11)8-13/h10-12H,1-9H2. The van der Waals surface area contributed by atoms with E-state index < -0.39 is 0 Å². The predicted octanol–water partition coefficient (Wildman–Crippen LogP) is 4.22. The van der Waals surface area contributed by atoms with E-state index in [1.807, 2.05) is 0 Å². The van der Waals surface area contributed by atoms with Crippen LogP contribution in [0.3, 0.4) is 0 Å². The molecule has 0 amide bonds. The van der Waals surface area contributed by atoms with Crippen molar-refractivity contribution in [1.82, 2.24) is 0 Å². The van der Waals surface area contributed by atoms with Crippen LogP contribution in [-0.4, -0.2) is 5.88 Å². The molecule has 2 atom stereocenters. The second kappa shape index (κ2) is 3.40. The summed E-state index contributed by atoms with van der Waals surface area (Å²) in [5, 5.41) is 0. The van der Waals surface area contributed by atoms with Crippen molar-refractivity contribution < 1.29 is 0 Å². The molecular weight excluding hydrogens is 192 g/mol. The topological polar surface area (TPSA) is 0 Å². The minimum Gasteiger partial charge on any atom is -0.126 e. The van der Waals surface area contributed by atoms with Crippen molar-refractivity contribution in [1.29, 1.82) is 0 Å². The van der Waals surface area contributed by atoms with Crippen LogP contribution in [0.4, 0.5) is 0 Å². The quantitative estimate of drug-likeness (QED) is 0.615. The summed E-state index contributed by atoms with van der Waals surface area (Å²) in [6.07, 6.45) is 11.9. The van der Waals surface area contributed by atoms with Gasteiger partial charge in [0.1, 0.15) is 0 Å². The zero-order chi connectivity index (χ0) is 9.60. The van der Waals surface area contributed by atoms with Gasteiger partial charge in [-0.25, -0.2) is 0 Å². The first-order chi connectivity index (χ1) is 6.81. The van der Waals surface area contributed by atoms with Crippen molar-refractivity contribution in [2.24, 2.45) is 23.2 Å². The second-order valence-corrected chi connectivity index (χ2v) is 6.42. The van der Waals surface area contributed by atoms with Gasteiger partial charge in [-0.3, -0.25) is 0 Å². The van der Waals surface area contributed by atoms with Crippen LogP contribution < -0.4 is 0 Å². The number of hydrogen-bond donors (Lipinski definition) is 0. The number of fused-ring (bicyclic) bond motifs is 1. The van der Waals surface area contributed by atoms with Gasteiger partial charge in [0.25, 0.3) is 0 Å². The Kier molecular flexibility index (Phi) is 2.31. The van der Waals surface area contributed by atoms with Gasteiger partial charge in [0.05, 0.1) is 0 Å². The van der Waals surface area contributed by atoms with E-state index in [-0.39, 0.29) is 0 Å². The molecule has 0 aromatic heterocycles. The first-order valence-corrected chi connectivity index (χ1v) is 6.91. The van der Waals surface area contributed by atoms with Crippen molar-refractivity contribution in [3.8, 4) is 0 Å². The van der Waals surface area contributed by atoms with Crippen LogP contribution >= 0.6 is 11.6 Å². The lowest BCUT2D eigenvalue weighted by atomic mass is 9.76. The summed E-state index contributed by atoms with van der Waals surface area (Å²) in [5.74, 6) is 4.16. The molecule has 3 fully saturated rings. The van der Waals surface area contributed by atoms with Crippen molar-refractivity contribution in [2.45, 2.75) is 51.4 Å². The summed E-state index contributed by atoms with van der Waals surface area (Å²) in [7, 11) is 0. The lowest BCUT2D eigenvalue weighted by molar-refractivity contribution is 0.229. The van der Waals surface area contributed by atoms with E-state index in [9.17, 15) is 0 Å². The third-order valence-corrected chi connectivity index (χ3v) is 5.51. The fraction of sp³-hybridized carbons (Fsp3) is 1.00. The molecule has 0 heterocycles. The Hall–Kier alpha value is 0.290. The molecule has 0 bridgehead atoms. The van der Waals surface area contributed by atoms with Crippen LogP contribution in [-0.2, 0) is 0 Å². The van der Waals surface area contributed by atoms with Crippen molar-refractivity contribution >= 4 is 11.6 Å². The fourth-order valence-corrected chi connectivity index (χ4v) is 4.49. The van der Waals surface area contributed by atoms with Gasteiger partial charge in [0, 0.05) is 5.88 Å². The molecule has 2 unspecified atom stereocenters. The third-order valence-electron chi connectivity index (χ3n) is 4.94. The average Bonchev–Trinajstić information content (AvgIpc) is 2.68. The Labute approximate surface area is 92.4 Å². The number of hydrogen-bond acceptors (Lipinski definition) is 0. The molecule has 0 saturated heterocycles. The summed E-state index contributed by atoms with van der Waals surface area (Å²) in [6, 6.07) is 0. The van der Waals surface area contributed by atoms with Gasteiger partial charge in [0.15, 0.2) is 0 Å². The molecule has 0 aromatic rings. The molecule has 0 N–H and O–H groups in total. The lowest BCUT2D eigenvalue weighted by Crippen LogP contribution is -2.23. The van der Waals surface area contributed by atoms with E-state index in [0.717, 1.165) is 23.6 Å². The zero-order valence-corrected chi connectivity index (χ0v) is 9.73. The summed E-state index contributed by atoms with van der Waals surface area (Å²) in [4.78, 5) is 0. The molecule has 0 nitrogen and oxygen atoms in total. The Morgan fingerprint density at radius 2 is 1.71 bits per heavy atom. The largest absolute Gasteiger partial charge is 0.126 e. The molecule has 3 saturated carbocycles. The lowest BCUT2D eigenvalue weighted by Gasteiger charge is -2.31. The molecule has 14 heavy (non-hydrogen) atoms. The molecule has 0 radical (unpaired) electrons. The SMILES string of the molecule is ClCC1(CC2CCCC2)CC2CC2C1. The van der Waals surface area contributed by atoms with Crippen LogP contribution in [0, 0.1) is 23.2 Å². The summed E-state index contributed by atoms with van der Waals surface area (Å²) < 4.78 is 0. The summed E-state index contributed by atoms with van der Waals surface area (Å²) in [6.45, 7) is 0. The maximum atomic E-state index is 6.23. The smallest absolute Gasteiger partial charge is 0.0280 e. The van der Waals surface area contributed by atoms with E-state index in [0.29, 0.717) is 5.41 Å². The zero-order valence-electron chi connectivity index (χ0n) is 8.97. The molecule has 80 valence electrons. The van der Waals surface area contributed by atoms with Gasteiger partial charge in [-0.05, 0) is 48.9 Å². The Morgan fingerprint density at radius 3 is 2.29 bits per heavy atom. The van der Waals surface area contributed by atoms with E-state index in [4.69, 9.17) is 11.6 Å². The second-order valence-electron chi connectivity index (χ2n) is 6.15. The molecule has 3 aliphatic rings. The molecular formula is C13H21Cl. The van der Waals surface area contributed by atoms with E-state index >= 15 is 0 Å². The van der Waals surface area contributed by atoms with Gasteiger partial charge in [-0.1, -0.05) is 25.7 Å². The van der Waals surface area contributed by atoms with E-state index in [2.05, 4.69) is 0 Å². The number of halogens is 1. The van der Waals surface area contributed by atoms with Gasteiger partial charge in [-0.2, -0.15) is 0 Å². The summed E-state index contributed by atoms with van der Waals surface area (Å²) >= 11 is 6.23.